The van der Waals surface area contributed by atoms with Crippen LogP contribution in [0.3, 0.4) is 0 Å². The normalized spacial score (nSPS) is 15.0. The third-order valence-electron chi connectivity index (χ3n) is 17.7. The molecule has 0 bridgehead atoms. The molecule has 1 aliphatic carbocycles. The Kier molecular flexibility index (Phi) is 14.9. The van der Waals surface area contributed by atoms with Crippen LogP contribution in [-0.2, 0) is 30.1 Å². The van der Waals surface area contributed by atoms with Gasteiger partial charge in [-0.05, 0) is 212 Å². The zero-order valence-electron chi connectivity index (χ0n) is 49.6. The van der Waals surface area contributed by atoms with Gasteiger partial charge in [0.05, 0.1) is 27.9 Å². The maximum Gasteiger partial charge on any atom is 0.416 e. The number of nitrogens with zero attached hydrogens (tertiary/aromatic N) is 3. The van der Waals surface area contributed by atoms with E-state index in [1.54, 1.807) is 48.5 Å². The fraction of sp³-hybridized carbons (Fsp3) is 0.0886. The third kappa shape index (κ3) is 11.2. The van der Waals surface area contributed by atoms with Gasteiger partial charge >= 0.3 is 24.7 Å². The van der Waals surface area contributed by atoms with Crippen molar-refractivity contribution in [2.75, 3.05) is 14.7 Å². The Labute approximate surface area is 532 Å². The molecule has 0 N–H and O–H groups in total. The van der Waals surface area contributed by atoms with Crippen LogP contribution in [0.2, 0.25) is 0 Å². The Bertz CT molecular complexity index is 4780. The lowest BCUT2D eigenvalue weighted by Gasteiger charge is -2.34. The molecule has 0 spiro atoms. The van der Waals surface area contributed by atoms with E-state index in [4.69, 9.17) is 0 Å². The second kappa shape index (κ2) is 23.1. The summed E-state index contributed by atoms with van der Waals surface area (Å²) in [6.45, 7) is 2.14. The largest absolute Gasteiger partial charge is 0.416 e. The number of anilines is 8. The molecule has 1 aliphatic heterocycles. The van der Waals surface area contributed by atoms with Gasteiger partial charge in [0.1, 0.15) is 0 Å². The molecule has 466 valence electrons. The molecule has 1 unspecified atom stereocenters. The number of allylic oxidation sites excluding steroid dienone is 4. The molecule has 0 saturated heterocycles. The number of halogens is 12. The molecule has 1 atom stereocenters. The monoisotopic (exact) mass is 1270 g/mol. The van der Waals surface area contributed by atoms with Crippen molar-refractivity contribution in [2.45, 2.75) is 43.5 Å². The molecule has 0 radical (unpaired) electrons. The summed E-state index contributed by atoms with van der Waals surface area (Å²) in [6.07, 6.45) is -14.5. The van der Waals surface area contributed by atoms with E-state index in [9.17, 15) is 52.7 Å². The predicted octanol–water partition coefficient (Wildman–Crippen LogP) is 24.8. The molecular formula is C79H51F12N3. The minimum Gasteiger partial charge on any atom is -0.313 e. The first-order chi connectivity index (χ1) is 45.0. The molecule has 94 heavy (non-hydrogen) atoms. The smallest absolute Gasteiger partial charge is 0.313 e. The lowest BCUT2D eigenvalue weighted by Crippen LogP contribution is -2.28. The predicted molar refractivity (Wildman–Crippen MR) is 350 cm³/mol. The van der Waals surface area contributed by atoms with Gasteiger partial charge in [-0.15, -0.1) is 0 Å². The first kappa shape index (κ1) is 60.7. The second-order valence-corrected chi connectivity index (χ2v) is 23.5. The van der Waals surface area contributed by atoms with Crippen LogP contribution >= 0.6 is 0 Å². The van der Waals surface area contributed by atoms with E-state index in [2.05, 4.69) is 96.8 Å². The lowest BCUT2D eigenvalue weighted by molar-refractivity contribution is -0.138. The SMILES string of the molecule is CC12CC(c3ccc(N(c4cccc(C(F)(F)F)c4)c4cccc(C(F)(F)F)c4)cc3)=CC=C1N(c1ccc(-c3c4ccccc4c(-c4ccccc4)c4ccccc34)cc1)c1ccc(-c3ccc(N(c4cccc(C(F)(F)F)c4)c4cccc(C(F)(F)F)c4)cc3)cc12. The first-order valence-corrected chi connectivity index (χ1v) is 30.0. The minimum absolute atomic E-state index is 0.00794. The van der Waals surface area contributed by atoms with Gasteiger partial charge in [0.15, 0.2) is 0 Å². The van der Waals surface area contributed by atoms with Gasteiger partial charge in [0.2, 0.25) is 0 Å². The molecule has 1 heterocycles. The molecule has 3 nitrogen and oxygen atoms in total. The van der Waals surface area contributed by atoms with Crippen molar-refractivity contribution in [1.29, 1.82) is 0 Å². The van der Waals surface area contributed by atoms with Crippen LogP contribution in [0, 0.1) is 0 Å². The van der Waals surface area contributed by atoms with Crippen LogP contribution in [0.5, 0.6) is 0 Å². The van der Waals surface area contributed by atoms with Crippen molar-refractivity contribution in [3.8, 4) is 33.4 Å². The van der Waals surface area contributed by atoms with Gasteiger partial charge in [-0.1, -0.05) is 152 Å². The van der Waals surface area contributed by atoms with Gasteiger partial charge in [-0.25, -0.2) is 0 Å². The maximum absolute atomic E-state index is 14.2. The van der Waals surface area contributed by atoms with Crippen LogP contribution in [0.15, 0.2) is 285 Å². The highest BCUT2D eigenvalue weighted by Gasteiger charge is 2.46. The summed E-state index contributed by atoms with van der Waals surface area (Å²) < 4.78 is 170. The highest BCUT2D eigenvalue weighted by atomic mass is 19.4. The van der Waals surface area contributed by atoms with Gasteiger partial charge in [0, 0.05) is 50.9 Å². The fourth-order valence-electron chi connectivity index (χ4n) is 13.3. The highest BCUT2D eigenvalue weighted by Crippen LogP contribution is 2.58. The van der Waals surface area contributed by atoms with Crippen molar-refractivity contribution < 1.29 is 52.7 Å². The van der Waals surface area contributed by atoms with E-state index < -0.39 is 52.4 Å². The average molecular weight is 1270 g/mol. The number of hydrogen-bond donors (Lipinski definition) is 0. The summed E-state index contributed by atoms with van der Waals surface area (Å²) in [4.78, 5) is 4.92. The average Bonchev–Trinajstić information content (AvgIpc) is 1.48. The first-order valence-electron chi connectivity index (χ1n) is 30.0. The van der Waals surface area contributed by atoms with Crippen molar-refractivity contribution in [3.63, 3.8) is 0 Å². The zero-order valence-corrected chi connectivity index (χ0v) is 49.6. The maximum atomic E-state index is 14.2. The van der Waals surface area contributed by atoms with Crippen LogP contribution in [0.25, 0.3) is 60.5 Å². The molecule has 0 fully saturated rings. The summed E-state index contributed by atoms with van der Waals surface area (Å²) in [6, 6.07) is 73.1. The summed E-state index contributed by atoms with van der Waals surface area (Å²) in [5, 5.41) is 4.40. The van der Waals surface area contributed by atoms with Crippen LogP contribution in [0.4, 0.5) is 98.2 Å². The Morgan fingerprint density at radius 2 is 0.681 bits per heavy atom. The number of hydrogen-bond acceptors (Lipinski definition) is 3. The number of rotatable bonds is 11. The van der Waals surface area contributed by atoms with E-state index in [1.165, 1.54) is 58.3 Å². The Morgan fingerprint density at radius 3 is 1.09 bits per heavy atom. The molecule has 15 heteroatoms. The molecule has 0 saturated carbocycles. The van der Waals surface area contributed by atoms with Crippen molar-refractivity contribution >= 4 is 72.6 Å². The summed E-state index contributed by atoms with van der Waals surface area (Å²) in [5.41, 5.74) is 6.87. The van der Waals surface area contributed by atoms with Gasteiger partial charge in [0.25, 0.3) is 0 Å². The quantitative estimate of drug-likeness (QED) is 0.0944. The summed E-state index contributed by atoms with van der Waals surface area (Å²) in [5.74, 6) is 0. The van der Waals surface area contributed by atoms with Crippen molar-refractivity contribution in [1.82, 2.24) is 0 Å². The van der Waals surface area contributed by atoms with Crippen LogP contribution < -0.4 is 14.7 Å². The topological polar surface area (TPSA) is 9.72 Å². The molecule has 12 aromatic rings. The molecule has 0 aromatic heterocycles. The van der Waals surface area contributed by atoms with Gasteiger partial charge in [-0.3, -0.25) is 0 Å². The van der Waals surface area contributed by atoms with E-state index in [0.29, 0.717) is 23.4 Å². The summed E-state index contributed by atoms with van der Waals surface area (Å²) in [7, 11) is 0. The van der Waals surface area contributed by atoms with E-state index >= 15 is 0 Å². The zero-order chi connectivity index (χ0) is 65.5. The number of alkyl halides is 12. The standard InChI is InChI=1S/C79H51F12N3/c1-75-48-54(50-29-37-60(38-30-50)93(64-21-11-17-57(46-64)78(86,87)88)65-22-12-18-58(47-65)79(89,90)91)34-42-72(75)94(61-39-31-52(32-40-61)74-68-25-7-5-23-66(68)73(51-13-3-2-4-14-51)67-24-6-8-26-69(67)74)71-41-33-53(43-70(71)75)49-27-35-59(36-28-49)92(62-19-9-15-55(44-62)76(80,81)82)63-20-10-16-56(45-63)77(83,84)85/h2-47H,48H2,1H3. The number of benzene rings is 12. The molecular weight excluding hydrogens is 1220 g/mol. The minimum atomic E-state index is -4.74. The molecule has 2 aliphatic rings. The van der Waals surface area contributed by atoms with Crippen molar-refractivity contribution in [3.05, 3.63) is 318 Å². The van der Waals surface area contributed by atoms with Crippen LogP contribution in [-0.4, -0.2) is 0 Å². The Balaban J connectivity index is 0.871. The van der Waals surface area contributed by atoms with Gasteiger partial charge in [-0.2, -0.15) is 52.7 Å². The molecule has 12 aromatic carbocycles. The highest BCUT2D eigenvalue weighted by molar-refractivity contribution is 6.21. The van der Waals surface area contributed by atoms with E-state index in [-0.39, 0.29) is 22.7 Å². The van der Waals surface area contributed by atoms with Gasteiger partial charge < -0.3 is 14.7 Å². The van der Waals surface area contributed by atoms with Crippen molar-refractivity contribution in [2.24, 2.45) is 0 Å². The lowest BCUT2D eigenvalue weighted by atomic mass is 9.72. The number of fused-ring (bicyclic) bond motifs is 5. The van der Waals surface area contributed by atoms with E-state index in [1.807, 2.05) is 48.5 Å². The summed E-state index contributed by atoms with van der Waals surface area (Å²) >= 11 is 0. The molecule has 14 rings (SSSR count). The van der Waals surface area contributed by atoms with Crippen LogP contribution in [0.1, 0.15) is 46.7 Å². The molecule has 0 amide bonds. The third-order valence-corrected chi connectivity index (χ3v) is 17.7. The Hall–Kier alpha value is -10.8. The Morgan fingerprint density at radius 1 is 0.319 bits per heavy atom. The fourth-order valence-corrected chi connectivity index (χ4v) is 13.3. The second-order valence-electron chi connectivity index (χ2n) is 23.5. The van der Waals surface area contributed by atoms with E-state index in [0.717, 1.165) is 132 Å².